The van der Waals surface area contributed by atoms with Crippen LogP contribution in [-0.4, -0.2) is 51.9 Å². The van der Waals surface area contributed by atoms with Crippen LogP contribution in [0.25, 0.3) is 32.7 Å². The highest BCUT2D eigenvalue weighted by Crippen LogP contribution is 2.39. The number of azo groups is 2. The van der Waals surface area contributed by atoms with Gasteiger partial charge in [0.05, 0.1) is 32.5 Å². The molecule has 0 heterocycles. The fraction of sp³-hybridized carbons (Fsp3) is 0. The number of fused-ring (bicyclic) bond motifs is 2. The van der Waals surface area contributed by atoms with Gasteiger partial charge >= 0.3 is 0 Å². The fourth-order valence-corrected chi connectivity index (χ4v) is 7.87. The number of nitrogen functional groups attached to an aromatic ring is 2. The number of rotatable bonds is 9. The number of hydrogen-bond donors (Lipinski definition) is 6. The number of nitrogens with two attached hydrogens (primary N) is 2. The zero-order valence-electron chi connectivity index (χ0n) is 26.9. The van der Waals surface area contributed by atoms with Crippen molar-refractivity contribution in [1.82, 2.24) is 0 Å². The van der Waals surface area contributed by atoms with Crippen molar-refractivity contribution < 1.29 is 51.9 Å². The van der Waals surface area contributed by atoms with Gasteiger partial charge in [-0.05, 0) is 72.8 Å². The molecule has 0 aromatic heterocycles. The lowest BCUT2D eigenvalue weighted by atomic mass is 10.0. The molecule has 22 heteroatoms. The maximum atomic E-state index is 12.6. The van der Waals surface area contributed by atoms with Crippen LogP contribution in [0.5, 0.6) is 0 Å². The molecule has 54 heavy (non-hydrogen) atoms. The Balaban J connectivity index is 1.42. The largest absolute Gasteiger partial charge is 0.398 e. The first-order chi connectivity index (χ1) is 25.1. The predicted molar refractivity (Wildman–Crippen MR) is 196 cm³/mol. The minimum Gasteiger partial charge on any atom is -0.398 e. The van der Waals surface area contributed by atoms with Gasteiger partial charge in [-0.2, -0.15) is 43.9 Å². The summed E-state index contributed by atoms with van der Waals surface area (Å²) in [5.41, 5.74) is 11.5. The van der Waals surface area contributed by atoms with Crippen molar-refractivity contribution >= 4 is 96.1 Å². The van der Waals surface area contributed by atoms with Crippen LogP contribution in [-0.2, 0) is 40.5 Å². The Hall–Kier alpha value is -5.72. The number of benzene rings is 6. The van der Waals surface area contributed by atoms with Crippen molar-refractivity contribution in [2.75, 3.05) is 11.5 Å². The molecule has 6 rings (SSSR count). The highest BCUT2D eigenvalue weighted by molar-refractivity contribution is 7.86. The minimum atomic E-state index is -5.11. The summed E-state index contributed by atoms with van der Waals surface area (Å²) in [6.07, 6.45) is 0. The molecule has 0 saturated heterocycles. The zero-order chi connectivity index (χ0) is 39.4. The first-order valence-corrected chi connectivity index (χ1v) is 20.5. The van der Waals surface area contributed by atoms with Gasteiger partial charge in [0.1, 0.15) is 9.79 Å². The van der Waals surface area contributed by atoms with E-state index in [0.717, 1.165) is 48.5 Å². The number of nitrogens with zero attached hydrogens (tertiary/aromatic N) is 4. The molecule has 0 aliphatic heterocycles. The van der Waals surface area contributed by atoms with Crippen LogP contribution in [0.4, 0.5) is 34.1 Å². The van der Waals surface area contributed by atoms with E-state index in [-0.39, 0.29) is 56.0 Å². The van der Waals surface area contributed by atoms with Crippen LogP contribution in [0.1, 0.15) is 0 Å². The van der Waals surface area contributed by atoms with E-state index in [9.17, 15) is 51.9 Å². The smallest absolute Gasteiger partial charge is 0.295 e. The van der Waals surface area contributed by atoms with E-state index in [1.54, 1.807) is 0 Å². The van der Waals surface area contributed by atoms with E-state index >= 15 is 0 Å². The van der Waals surface area contributed by atoms with E-state index in [1.165, 1.54) is 48.5 Å². The van der Waals surface area contributed by atoms with Gasteiger partial charge in [-0.1, -0.05) is 24.3 Å². The van der Waals surface area contributed by atoms with Gasteiger partial charge in [-0.3, -0.25) is 18.2 Å². The van der Waals surface area contributed by atoms with Gasteiger partial charge in [0.2, 0.25) is 0 Å². The summed E-state index contributed by atoms with van der Waals surface area (Å²) >= 11 is 0. The highest BCUT2D eigenvalue weighted by Gasteiger charge is 2.24. The molecule has 0 amide bonds. The van der Waals surface area contributed by atoms with E-state index in [1.807, 2.05) is 0 Å². The third kappa shape index (κ3) is 7.80. The fourth-order valence-electron chi connectivity index (χ4n) is 5.41. The van der Waals surface area contributed by atoms with Crippen molar-refractivity contribution in [3.8, 4) is 11.1 Å². The molecule has 0 fully saturated rings. The van der Waals surface area contributed by atoms with Gasteiger partial charge in [0, 0.05) is 44.0 Å². The molecular formula is C32H24N6O12S4. The normalized spacial score (nSPS) is 13.0. The molecular weight excluding hydrogens is 789 g/mol. The van der Waals surface area contributed by atoms with Crippen LogP contribution in [0, 0.1) is 0 Å². The summed E-state index contributed by atoms with van der Waals surface area (Å²) < 4.78 is 136. The average Bonchev–Trinajstić information content (AvgIpc) is 3.09. The molecule has 8 N–H and O–H groups in total. The monoisotopic (exact) mass is 812 g/mol. The molecule has 0 radical (unpaired) electrons. The summed E-state index contributed by atoms with van der Waals surface area (Å²) in [6.45, 7) is 0. The molecule has 278 valence electrons. The van der Waals surface area contributed by atoms with E-state index in [4.69, 9.17) is 11.5 Å². The predicted octanol–water partition coefficient (Wildman–Crippen LogP) is 6.64. The van der Waals surface area contributed by atoms with Crippen molar-refractivity contribution in [2.45, 2.75) is 19.6 Å². The van der Waals surface area contributed by atoms with Gasteiger partial charge < -0.3 is 11.5 Å². The molecule has 6 aromatic carbocycles. The lowest BCUT2D eigenvalue weighted by Crippen LogP contribution is -2.05. The van der Waals surface area contributed by atoms with Crippen LogP contribution < -0.4 is 11.5 Å². The summed E-state index contributed by atoms with van der Waals surface area (Å²) in [6, 6.07) is 19.2. The van der Waals surface area contributed by atoms with Crippen molar-refractivity contribution in [3.05, 3.63) is 97.1 Å². The molecule has 6 aromatic rings. The SMILES string of the molecule is Nc1ccc(N=Nc2ccc(-c3ccc(N=Nc4ccc(N)c5ccc(S(=O)(=O)O)cc45)cc3S(=O)(=O)O)c(S(=O)(=O)O)c2)c2cc(S(=O)(=O)O)ccc12. The first kappa shape index (κ1) is 38.0. The minimum absolute atomic E-state index is 0.0615. The highest BCUT2D eigenvalue weighted by atomic mass is 32.2. The molecule has 0 aliphatic carbocycles. The molecule has 18 nitrogen and oxygen atoms in total. The molecule has 0 aliphatic rings. The average molecular weight is 813 g/mol. The maximum Gasteiger partial charge on any atom is 0.295 e. The maximum absolute atomic E-state index is 12.6. The van der Waals surface area contributed by atoms with E-state index in [0.29, 0.717) is 10.8 Å². The van der Waals surface area contributed by atoms with E-state index in [2.05, 4.69) is 20.5 Å². The van der Waals surface area contributed by atoms with Crippen LogP contribution in [0.2, 0.25) is 0 Å². The van der Waals surface area contributed by atoms with Gasteiger partial charge in [0.25, 0.3) is 40.5 Å². The Labute approximate surface area is 306 Å². The lowest BCUT2D eigenvalue weighted by Gasteiger charge is -2.12. The molecule has 0 spiro atoms. The Morgan fingerprint density at radius 3 is 1.09 bits per heavy atom. The Kier molecular flexibility index (Phi) is 9.58. The third-order valence-corrected chi connectivity index (χ3v) is 11.4. The van der Waals surface area contributed by atoms with E-state index < -0.39 is 60.1 Å². The molecule has 0 saturated carbocycles. The lowest BCUT2D eigenvalue weighted by molar-refractivity contribution is 0.480. The second kappa shape index (κ2) is 13.6. The quantitative estimate of drug-likeness (QED) is 0.0506. The molecule has 0 atom stereocenters. The Morgan fingerprint density at radius 2 is 0.759 bits per heavy atom. The zero-order valence-corrected chi connectivity index (χ0v) is 30.1. The molecule has 0 unspecified atom stereocenters. The summed E-state index contributed by atoms with van der Waals surface area (Å²) in [5, 5.41) is 17.2. The summed E-state index contributed by atoms with van der Waals surface area (Å²) in [5.74, 6) is 0. The third-order valence-electron chi connectivity index (χ3n) is 7.92. The molecule has 0 bridgehead atoms. The topological polar surface area (TPSA) is 319 Å². The second-order valence-corrected chi connectivity index (χ2v) is 17.0. The van der Waals surface area contributed by atoms with Crippen LogP contribution in [0.3, 0.4) is 0 Å². The standard InChI is InChI=1S/C32H24N6O12S4/c33-27-9-11-29(25-15-19(51(39,40)41)3-7-21(25)27)37-35-17-1-5-23(31(13-17)53(45,46)47)24-6-2-18(14-32(24)54(48,49)50)36-38-30-12-10-28(34)22-8-4-20(16-26(22)30)52(42,43)44/h1-16H,33-34H2,(H,39,40,41)(H,42,43,44)(H,45,46,47)(H,48,49,50). The van der Waals surface area contributed by atoms with Gasteiger partial charge in [-0.25, -0.2) is 0 Å². The Bertz CT molecular complexity index is 2870. The van der Waals surface area contributed by atoms with Crippen molar-refractivity contribution in [1.29, 1.82) is 0 Å². The van der Waals surface area contributed by atoms with Crippen molar-refractivity contribution in [3.63, 3.8) is 0 Å². The van der Waals surface area contributed by atoms with Gasteiger partial charge in [-0.15, -0.1) is 10.2 Å². The summed E-state index contributed by atoms with van der Waals surface area (Å²) in [7, 11) is -19.4. The Morgan fingerprint density at radius 1 is 0.389 bits per heavy atom. The first-order valence-electron chi connectivity index (χ1n) is 14.8. The number of hydrogen-bond acceptors (Lipinski definition) is 14. The number of anilines is 2. The van der Waals surface area contributed by atoms with Gasteiger partial charge in [0.15, 0.2) is 0 Å². The second-order valence-electron chi connectivity index (χ2n) is 11.4. The van der Waals surface area contributed by atoms with Crippen LogP contribution >= 0.6 is 0 Å². The summed E-state index contributed by atoms with van der Waals surface area (Å²) in [4.78, 5) is -2.58. The van der Waals surface area contributed by atoms with Crippen molar-refractivity contribution in [2.24, 2.45) is 20.5 Å². The van der Waals surface area contributed by atoms with Crippen LogP contribution in [0.15, 0.2) is 137 Å².